The number of hydrogen-bond donors (Lipinski definition) is 0. The molecule has 0 aliphatic carbocycles. The molecule has 6 nitrogen and oxygen atoms in total. The third-order valence-electron chi connectivity index (χ3n) is 5.79. The van der Waals surface area contributed by atoms with Crippen LogP contribution in [-0.4, -0.2) is 47.5 Å². The summed E-state index contributed by atoms with van der Waals surface area (Å²) in [6, 6.07) is 12.2. The molecule has 1 aromatic heterocycles. The Balaban J connectivity index is 1.50. The lowest BCUT2D eigenvalue weighted by Gasteiger charge is -2.48. The van der Waals surface area contributed by atoms with Crippen LogP contribution in [0.2, 0.25) is 0 Å². The van der Waals surface area contributed by atoms with Crippen molar-refractivity contribution in [3.8, 4) is 5.88 Å². The number of anilines is 1. The SMILES string of the molecule is COc1cc(N2CCC[C@@]3(CCC(=O)N(Cc4ccccc4)C3)C2)ncn1. The second-order valence-corrected chi connectivity index (χ2v) is 7.68. The smallest absolute Gasteiger partial charge is 0.222 e. The maximum atomic E-state index is 12.5. The first kappa shape index (κ1) is 17.8. The molecule has 1 amide bonds. The summed E-state index contributed by atoms with van der Waals surface area (Å²) in [5.74, 6) is 1.77. The number of rotatable bonds is 4. The van der Waals surface area contributed by atoms with Crippen LogP contribution in [-0.2, 0) is 11.3 Å². The molecule has 0 unspecified atom stereocenters. The molecule has 0 bridgehead atoms. The van der Waals surface area contributed by atoms with Crippen molar-refractivity contribution >= 4 is 11.7 Å². The maximum absolute atomic E-state index is 12.5. The molecule has 27 heavy (non-hydrogen) atoms. The Hall–Kier alpha value is -2.63. The molecule has 2 aliphatic heterocycles. The van der Waals surface area contributed by atoms with Crippen LogP contribution in [0.5, 0.6) is 5.88 Å². The molecule has 2 fully saturated rings. The quantitative estimate of drug-likeness (QED) is 0.833. The van der Waals surface area contributed by atoms with E-state index in [2.05, 4.69) is 27.0 Å². The van der Waals surface area contributed by atoms with Gasteiger partial charge in [0.2, 0.25) is 11.8 Å². The minimum atomic E-state index is 0.138. The molecule has 4 rings (SSSR count). The van der Waals surface area contributed by atoms with Gasteiger partial charge in [0.15, 0.2) is 0 Å². The summed E-state index contributed by atoms with van der Waals surface area (Å²) in [5, 5.41) is 0. The molecule has 1 aromatic carbocycles. The minimum Gasteiger partial charge on any atom is -0.481 e. The van der Waals surface area contributed by atoms with Gasteiger partial charge in [0, 0.05) is 44.1 Å². The van der Waals surface area contributed by atoms with Crippen molar-refractivity contribution in [1.29, 1.82) is 0 Å². The zero-order valence-electron chi connectivity index (χ0n) is 15.8. The molecule has 0 saturated carbocycles. The normalized spacial score (nSPS) is 22.9. The Morgan fingerprint density at radius 2 is 2.00 bits per heavy atom. The highest BCUT2D eigenvalue weighted by Gasteiger charge is 2.42. The first-order chi connectivity index (χ1) is 13.2. The van der Waals surface area contributed by atoms with Crippen LogP contribution >= 0.6 is 0 Å². The second-order valence-electron chi connectivity index (χ2n) is 7.68. The van der Waals surface area contributed by atoms with Crippen LogP contribution in [0.1, 0.15) is 31.2 Å². The first-order valence-corrected chi connectivity index (χ1v) is 9.60. The Morgan fingerprint density at radius 3 is 2.81 bits per heavy atom. The fraction of sp³-hybridized carbons (Fsp3) is 0.476. The summed E-state index contributed by atoms with van der Waals surface area (Å²) in [7, 11) is 1.62. The molecule has 3 heterocycles. The van der Waals surface area contributed by atoms with Crippen molar-refractivity contribution in [3.05, 3.63) is 48.3 Å². The van der Waals surface area contributed by atoms with Crippen molar-refractivity contribution < 1.29 is 9.53 Å². The summed E-state index contributed by atoms with van der Waals surface area (Å²) in [4.78, 5) is 25.5. The van der Waals surface area contributed by atoms with Gasteiger partial charge < -0.3 is 14.5 Å². The monoisotopic (exact) mass is 366 g/mol. The van der Waals surface area contributed by atoms with Crippen molar-refractivity contribution in [2.45, 2.75) is 32.2 Å². The Kier molecular flexibility index (Phi) is 4.97. The number of hydrogen-bond acceptors (Lipinski definition) is 5. The number of piperidine rings is 2. The lowest BCUT2D eigenvalue weighted by atomic mass is 9.73. The number of methoxy groups -OCH3 is 1. The molecule has 0 N–H and O–H groups in total. The van der Waals surface area contributed by atoms with E-state index in [1.807, 2.05) is 29.2 Å². The molecule has 1 atom stereocenters. The van der Waals surface area contributed by atoms with Gasteiger partial charge in [-0.05, 0) is 24.8 Å². The lowest BCUT2D eigenvalue weighted by Crippen LogP contribution is -2.54. The largest absolute Gasteiger partial charge is 0.481 e. The van der Waals surface area contributed by atoms with Gasteiger partial charge in [-0.15, -0.1) is 0 Å². The van der Waals surface area contributed by atoms with E-state index < -0.39 is 0 Å². The molecule has 6 heteroatoms. The van der Waals surface area contributed by atoms with Crippen molar-refractivity contribution in [2.24, 2.45) is 5.41 Å². The highest BCUT2D eigenvalue weighted by molar-refractivity contribution is 5.77. The standard InChI is InChI=1S/C21H26N4O2/c1-27-19-12-18(22-16-23-19)24-11-5-9-21(14-24)10-8-20(26)25(15-21)13-17-6-3-2-4-7-17/h2-4,6-7,12,16H,5,8-11,13-15H2,1H3/t21-/m1/s1. The van der Waals surface area contributed by atoms with Gasteiger partial charge in [0.1, 0.15) is 12.1 Å². The number of amides is 1. The van der Waals surface area contributed by atoms with Gasteiger partial charge in [-0.2, -0.15) is 0 Å². The second kappa shape index (κ2) is 7.55. The van der Waals surface area contributed by atoms with E-state index in [1.54, 1.807) is 13.4 Å². The van der Waals surface area contributed by atoms with Gasteiger partial charge in [0.05, 0.1) is 7.11 Å². The van der Waals surface area contributed by atoms with Crippen LogP contribution in [0.3, 0.4) is 0 Å². The number of likely N-dealkylation sites (tertiary alicyclic amines) is 1. The van der Waals surface area contributed by atoms with Gasteiger partial charge in [-0.3, -0.25) is 4.79 Å². The zero-order chi connectivity index (χ0) is 18.7. The number of ether oxygens (including phenoxy) is 1. The molecular weight excluding hydrogens is 340 g/mol. The van der Waals surface area contributed by atoms with Crippen LogP contribution in [0, 0.1) is 5.41 Å². The van der Waals surface area contributed by atoms with E-state index in [9.17, 15) is 4.79 Å². The summed E-state index contributed by atoms with van der Waals surface area (Å²) in [6.45, 7) is 3.42. The molecule has 142 valence electrons. The van der Waals surface area contributed by atoms with E-state index in [1.165, 1.54) is 5.56 Å². The third-order valence-corrected chi connectivity index (χ3v) is 5.79. The average molecular weight is 366 g/mol. The van der Waals surface area contributed by atoms with E-state index in [0.717, 1.165) is 44.7 Å². The first-order valence-electron chi connectivity index (χ1n) is 9.60. The van der Waals surface area contributed by atoms with E-state index in [4.69, 9.17) is 4.74 Å². The predicted octanol–water partition coefficient (Wildman–Crippen LogP) is 2.89. The topological polar surface area (TPSA) is 58.6 Å². The van der Waals surface area contributed by atoms with E-state index in [-0.39, 0.29) is 11.3 Å². The maximum Gasteiger partial charge on any atom is 0.222 e. The molecule has 2 aliphatic rings. The zero-order valence-corrected chi connectivity index (χ0v) is 15.8. The van der Waals surface area contributed by atoms with E-state index in [0.29, 0.717) is 18.8 Å². The van der Waals surface area contributed by atoms with E-state index >= 15 is 0 Å². The predicted molar refractivity (Wildman–Crippen MR) is 104 cm³/mol. The third kappa shape index (κ3) is 3.89. The number of carbonyl (C=O) groups excluding carboxylic acids is 1. The Morgan fingerprint density at radius 1 is 1.15 bits per heavy atom. The van der Waals surface area contributed by atoms with Crippen LogP contribution in [0.15, 0.2) is 42.7 Å². The Labute approximate surface area is 160 Å². The van der Waals surface area contributed by atoms with Gasteiger partial charge in [0.25, 0.3) is 0 Å². The van der Waals surface area contributed by atoms with Crippen molar-refractivity contribution in [3.63, 3.8) is 0 Å². The minimum absolute atomic E-state index is 0.138. The van der Waals surface area contributed by atoms with Crippen LogP contribution < -0.4 is 9.64 Å². The molecule has 1 spiro atoms. The lowest BCUT2D eigenvalue weighted by molar-refractivity contribution is -0.138. The Bertz CT molecular complexity index is 798. The highest BCUT2D eigenvalue weighted by atomic mass is 16.5. The fourth-order valence-electron chi connectivity index (χ4n) is 4.40. The highest BCUT2D eigenvalue weighted by Crippen LogP contribution is 2.40. The van der Waals surface area contributed by atoms with Crippen molar-refractivity contribution in [2.75, 3.05) is 31.6 Å². The molecule has 0 radical (unpaired) electrons. The number of nitrogens with zero attached hydrogens (tertiary/aromatic N) is 4. The molecule has 2 aromatic rings. The summed E-state index contributed by atoms with van der Waals surface area (Å²) >= 11 is 0. The van der Waals surface area contributed by atoms with Gasteiger partial charge in [-0.1, -0.05) is 30.3 Å². The fourth-order valence-corrected chi connectivity index (χ4v) is 4.40. The van der Waals surface area contributed by atoms with Crippen molar-refractivity contribution in [1.82, 2.24) is 14.9 Å². The number of benzene rings is 1. The van der Waals surface area contributed by atoms with Gasteiger partial charge >= 0.3 is 0 Å². The van der Waals surface area contributed by atoms with Crippen LogP contribution in [0.25, 0.3) is 0 Å². The van der Waals surface area contributed by atoms with Crippen LogP contribution in [0.4, 0.5) is 5.82 Å². The summed E-state index contributed by atoms with van der Waals surface area (Å²) < 4.78 is 5.25. The number of carbonyl (C=O) groups is 1. The average Bonchev–Trinajstić information content (AvgIpc) is 2.72. The molecule has 2 saturated heterocycles. The number of aromatic nitrogens is 2. The summed E-state index contributed by atoms with van der Waals surface area (Å²) in [5.41, 5.74) is 1.33. The molecular formula is C21H26N4O2. The van der Waals surface area contributed by atoms with Gasteiger partial charge in [-0.25, -0.2) is 9.97 Å². The summed E-state index contributed by atoms with van der Waals surface area (Å²) in [6.07, 6.45) is 5.41.